The summed E-state index contributed by atoms with van der Waals surface area (Å²) in [4.78, 5) is 0. The zero-order valence-electron chi connectivity index (χ0n) is 13.7. The van der Waals surface area contributed by atoms with Gasteiger partial charge in [0.2, 0.25) is 0 Å². The van der Waals surface area contributed by atoms with E-state index >= 15 is 0 Å². The highest BCUT2D eigenvalue weighted by atomic mass is 16.5. The Morgan fingerprint density at radius 1 is 1.05 bits per heavy atom. The first-order chi connectivity index (χ1) is 10.1. The van der Waals surface area contributed by atoms with Crippen molar-refractivity contribution in [3.05, 3.63) is 34.9 Å². The fourth-order valence-electron chi connectivity index (χ4n) is 4.01. The van der Waals surface area contributed by atoms with E-state index in [1.807, 2.05) is 0 Å². The fourth-order valence-corrected chi connectivity index (χ4v) is 4.01. The van der Waals surface area contributed by atoms with Crippen LogP contribution < -0.4 is 5.32 Å². The number of ether oxygens (including phenoxy) is 1. The lowest BCUT2D eigenvalue weighted by atomic mass is 9.89. The average Bonchev–Trinajstić information content (AvgIpc) is 2.45. The maximum Gasteiger partial charge on any atom is 0.0565 e. The quantitative estimate of drug-likeness (QED) is 0.901. The average molecular weight is 287 g/mol. The monoisotopic (exact) mass is 287 g/mol. The van der Waals surface area contributed by atoms with E-state index < -0.39 is 0 Å². The molecule has 1 fully saturated rings. The Bertz CT molecular complexity index is 474. The van der Waals surface area contributed by atoms with Gasteiger partial charge in [0.05, 0.1) is 12.2 Å². The molecule has 3 unspecified atom stereocenters. The molecule has 0 aromatic heterocycles. The molecule has 1 aromatic carbocycles. The molecule has 1 aromatic rings. The topological polar surface area (TPSA) is 21.3 Å². The van der Waals surface area contributed by atoms with Crippen LogP contribution in [0.5, 0.6) is 0 Å². The Kier molecular flexibility index (Phi) is 4.66. The van der Waals surface area contributed by atoms with Gasteiger partial charge in [-0.15, -0.1) is 0 Å². The van der Waals surface area contributed by atoms with Crippen molar-refractivity contribution in [1.29, 1.82) is 0 Å². The molecule has 1 aliphatic heterocycles. The molecule has 2 nitrogen and oxygen atoms in total. The van der Waals surface area contributed by atoms with Crippen LogP contribution >= 0.6 is 0 Å². The molecule has 21 heavy (non-hydrogen) atoms. The first kappa shape index (κ1) is 15.1. The number of fused-ring (bicyclic) bond motifs is 1. The normalized spacial score (nSPS) is 30.7. The number of benzene rings is 1. The second kappa shape index (κ2) is 6.50. The maximum absolute atomic E-state index is 5.84. The summed E-state index contributed by atoms with van der Waals surface area (Å²) in [6.45, 7) is 6.68. The highest BCUT2D eigenvalue weighted by Crippen LogP contribution is 2.26. The molecule has 0 bridgehead atoms. The minimum Gasteiger partial charge on any atom is -0.375 e. The molecule has 0 saturated carbocycles. The molecule has 0 radical (unpaired) electrons. The van der Waals surface area contributed by atoms with Crippen molar-refractivity contribution in [2.75, 3.05) is 0 Å². The summed E-state index contributed by atoms with van der Waals surface area (Å²) in [7, 11) is 0. The molecule has 1 aliphatic carbocycles. The molecular weight excluding hydrogens is 258 g/mol. The van der Waals surface area contributed by atoms with E-state index in [0.29, 0.717) is 24.3 Å². The van der Waals surface area contributed by atoms with Crippen molar-refractivity contribution in [3.8, 4) is 0 Å². The van der Waals surface area contributed by atoms with Gasteiger partial charge in [-0.05, 0) is 76.0 Å². The van der Waals surface area contributed by atoms with Crippen LogP contribution in [0.15, 0.2) is 18.2 Å². The van der Waals surface area contributed by atoms with Crippen LogP contribution in [0.2, 0.25) is 0 Å². The summed E-state index contributed by atoms with van der Waals surface area (Å²) < 4.78 is 5.84. The third kappa shape index (κ3) is 3.67. The van der Waals surface area contributed by atoms with Crippen LogP contribution in [0.1, 0.15) is 69.2 Å². The van der Waals surface area contributed by atoms with Gasteiger partial charge in [0.15, 0.2) is 0 Å². The van der Waals surface area contributed by atoms with E-state index in [-0.39, 0.29) is 0 Å². The maximum atomic E-state index is 5.84. The summed E-state index contributed by atoms with van der Waals surface area (Å²) in [6.07, 6.45) is 8.25. The van der Waals surface area contributed by atoms with Crippen LogP contribution in [0.4, 0.5) is 0 Å². The van der Waals surface area contributed by atoms with Gasteiger partial charge in [-0.3, -0.25) is 0 Å². The highest BCUT2D eigenvalue weighted by Gasteiger charge is 2.25. The number of aryl methyl sites for hydroxylation is 2. The van der Waals surface area contributed by atoms with Gasteiger partial charge < -0.3 is 10.1 Å². The molecule has 1 N–H and O–H groups in total. The molecule has 0 amide bonds. The van der Waals surface area contributed by atoms with Gasteiger partial charge in [0, 0.05) is 12.1 Å². The largest absolute Gasteiger partial charge is 0.375 e. The summed E-state index contributed by atoms with van der Waals surface area (Å²) in [5.74, 6) is 0. The van der Waals surface area contributed by atoms with Gasteiger partial charge in [-0.2, -0.15) is 0 Å². The molecular formula is C19H29NO. The van der Waals surface area contributed by atoms with E-state index in [1.54, 1.807) is 11.1 Å². The molecule has 1 saturated heterocycles. The predicted octanol–water partition coefficient (Wildman–Crippen LogP) is 4.17. The Morgan fingerprint density at radius 2 is 1.71 bits per heavy atom. The van der Waals surface area contributed by atoms with Gasteiger partial charge >= 0.3 is 0 Å². The zero-order valence-corrected chi connectivity index (χ0v) is 13.7. The summed E-state index contributed by atoms with van der Waals surface area (Å²) in [5.41, 5.74) is 4.61. The van der Waals surface area contributed by atoms with Crippen LogP contribution in [-0.2, 0) is 17.6 Å². The van der Waals surface area contributed by atoms with Crippen molar-refractivity contribution >= 4 is 0 Å². The Balaban J connectivity index is 1.66. The lowest BCUT2D eigenvalue weighted by Gasteiger charge is -2.34. The van der Waals surface area contributed by atoms with Crippen LogP contribution in [0.25, 0.3) is 0 Å². The molecule has 3 atom stereocenters. The van der Waals surface area contributed by atoms with Gasteiger partial charge in [0.1, 0.15) is 0 Å². The van der Waals surface area contributed by atoms with Crippen LogP contribution in [0.3, 0.4) is 0 Å². The molecule has 1 heterocycles. The fraction of sp³-hybridized carbons (Fsp3) is 0.684. The Hall–Kier alpha value is -0.860. The van der Waals surface area contributed by atoms with E-state index in [4.69, 9.17) is 4.74 Å². The number of hydrogen-bond donors (Lipinski definition) is 1. The molecule has 2 aliphatic rings. The van der Waals surface area contributed by atoms with Crippen molar-refractivity contribution in [1.82, 2.24) is 5.32 Å². The predicted molar refractivity (Wildman–Crippen MR) is 87.7 cm³/mol. The number of rotatable bonds is 3. The van der Waals surface area contributed by atoms with E-state index in [9.17, 15) is 0 Å². The Morgan fingerprint density at radius 3 is 2.43 bits per heavy atom. The first-order valence-corrected chi connectivity index (χ1v) is 8.65. The van der Waals surface area contributed by atoms with Crippen molar-refractivity contribution in [3.63, 3.8) is 0 Å². The van der Waals surface area contributed by atoms with Crippen molar-refractivity contribution < 1.29 is 4.74 Å². The lowest BCUT2D eigenvalue weighted by molar-refractivity contribution is -0.0433. The van der Waals surface area contributed by atoms with Crippen LogP contribution in [-0.4, -0.2) is 18.2 Å². The number of hydrogen-bond acceptors (Lipinski definition) is 2. The lowest BCUT2D eigenvalue weighted by Crippen LogP contribution is -2.42. The summed E-state index contributed by atoms with van der Waals surface area (Å²) in [6, 6.07) is 8.14. The van der Waals surface area contributed by atoms with Gasteiger partial charge in [-0.25, -0.2) is 0 Å². The SMILES string of the molecule is CC1CC(NC(C)c2ccc3c(c2)CCCC3)CC(C)O1. The molecule has 0 spiro atoms. The molecule has 116 valence electrons. The van der Waals surface area contributed by atoms with Crippen LogP contribution in [0, 0.1) is 0 Å². The van der Waals surface area contributed by atoms with Gasteiger partial charge in [-0.1, -0.05) is 18.2 Å². The second-order valence-corrected chi connectivity index (χ2v) is 7.05. The third-order valence-electron chi connectivity index (χ3n) is 5.06. The van der Waals surface area contributed by atoms with Gasteiger partial charge in [0.25, 0.3) is 0 Å². The molecule has 3 rings (SSSR count). The highest BCUT2D eigenvalue weighted by molar-refractivity contribution is 5.35. The first-order valence-electron chi connectivity index (χ1n) is 8.65. The Labute approximate surface area is 129 Å². The summed E-state index contributed by atoms with van der Waals surface area (Å²) in [5, 5.41) is 3.82. The third-order valence-corrected chi connectivity index (χ3v) is 5.06. The zero-order chi connectivity index (χ0) is 14.8. The standard InChI is InChI=1S/C19H29NO/c1-13-10-19(11-14(2)21-13)20-15(3)17-9-8-16-6-4-5-7-18(16)12-17/h8-9,12-15,19-20H,4-7,10-11H2,1-3H3. The minimum absolute atomic E-state index is 0.377. The second-order valence-electron chi connectivity index (χ2n) is 7.05. The smallest absolute Gasteiger partial charge is 0.0565 e. The molecule has 2 heteroatoms. The van der Waals surface area contributed by atoms with Crippen molar-refractivity contribution in [2.45, 2.75) is 83.6 Å². The van der Waals surface area contributed by atoms with E-state index in [1.165, 1.54) is 31.2 Å². The number of nitrogens with one attached hydrogen (secondary N) is 1. The van der Waals surface area contributed by atoms with E-state index in [0.717, 1.165) is 12.8 Å². The van der Waals surface area contributed by atoms with Crippen molar-refractivity contribution in [2.24, 2.45) is 0 Å². The van der Waals surface area contributed by atoms with E-state index in [2.05, 4.69) is 44.3 Å². The summed E-state index contributed by atoms with van der Waals surface area (Å²) >= 11 is 0. The minimum atomic E-state index is 0.377.